The molecule has 0 heterocycles. The molecule has 0 aliphatic heterocycles. The summed E-state index contributed by atoms with van der Waals surface area (Å²) in [5.41, 5.74) is 2.14. The van der Waals surface area contributed by atoms with Crippen molar-refractivity contribution < 1.29 is 0 Å². The van der Waals surface area contributed by atoms with Crippen LogP contribution < -0.4 is 5.32 Å². The van der Waals surface area contributed by atoms with Crippen LogP contribution in [0.1, 0.15) is 75.3 Å². The van der Waals surface area contributed by atoms with Gasteiger partial charge in [0.1, 0.15) is 5.54 Å². The van der Waals surface area contributed by atoms with Crippen LogP contribution in [-0.4, -0.2) is 6.04 Å². The fraction of sp³-hybridized carbons (Fsp3) is 0.632. The maximum atomic E-state index is 9.96. The lowest BCUT2D eigenvalue weighted by molar-refractivity contribution is 0.291. The molecule has 0 saturated heterocycles. The number of fused-ring (bicyclic) bond motifs is 1. The summed E-state index contributed by atoms with van der Waals surface area (Å²) < 4.78 is 0. The highest BCUT2D eigenvalue weighted by Gasteiger charge is 2.40. The first-order valence-corrected chi connectivity index (χ1v) is 8.53. The van der Waals surface area contributed by atoms with E-state index in [0.717, 1.165) is 12.8 Å². The van der Waals surface area contributed by atoms with Crippen LogP contribution in [0.25, 0.3) is 0 Å². The first-order chi connectivity index (χ1) is 10.2. The van der Waals surface area contributed by atoms with Crippen LogP contribution in [0.15, 0.2) is 24.3 Å². The monoisotopic (exact) mass is 282 g/mol. The van der Waals surface area contributed by atoms with Gasteiger partial charge in [-0.25, -0.2) is 0 Å². The van der Waals surface area contributed by atoms with Gasteiger partial charge in [-0.05, 0) is 42.7 Å². The van der Waals surface area contributed by atoms with Gasteiger partial charge >= 0.3 is 0 Å². The van der Waals surface area contributed by atoms with E-state index in [4.69, 9.17) is 0 Å². The molecule has 2 aliphatic carbocycles. The Morgan fingerprint density at radius 3 is 2.52 bits per heavy atom. The lowest BCUT2D eigenvalue weighted by Gasteiger charge is -2.39. The van der Waals surface area contributed by atoms with E-state index < -0.39 is 5.54 Å². The zero-order valence-electron chi connectivity index (χ0n) is 13.1. The quantitative estimate of drug-likeness (QED) is 0.804. The Bertz CT molecular complexity index is 523. The van der Waals surface area contributed by atoms with E-state index in [-0.39, 0.29) is 0 Å². The number of hydrogen-bond donors (Lipinski definition) is 1. The maximum absolute atomic E-state index is 9.96. The van der Waals surface area contributed by atoms with E-state index in [2.05, 4.69) is 42.6 Å². The molecule has 112 valence electrons. The van der Waals surface area contributed by atoms with Crippen molar-refractivity contribution in [2.45, 2.75) is 75.8 Å². The van der Waals surface area contributed by atoms with Crippen molar-refractivity contribution in [2.75, 3.05) is 0 Å². The second-order valence-corrected chi connectivity index (χ2v) is 6.88. The predicted octanol–water partition coefficient (Wildman–Crippen LogP) is 4.62. The molecule has 2 atom stereocenters. The molecule has 1 saturated carbocycles. The van der Waals surface area contributed by atoms with Gasteiger partial charge in [-0.3, -0.25) is 5.32 Å². The van der Waals surface area contributed by atoms with Crippen LogP contribution in [-0.2, 0) is 5.54 Å². The van der Waals surface area contributed by atoms with Crippen molar-refractivity contribution in [3.8, 4) is 6.07 Å². The largest absolute Gasteiger partial charge is 0.293 e. The van der Waals surface area contributed by atoms with E-state index >= 15 is 0 Å². The molecule has 1 aromatic carbocycles. The van der Waals surface area contributed by atoms with Crippen LogP contribution in [0.3, 0.4) is 0 Å². The van der Waals surface area contributed by atoms with Crippen molar-refractivity contribution in [3.05, 3.63) is 35.4 Å². The molecule has 0 bridgehead atoms. The maximum Gasteiger partial charge on any atom is 0.132 e. The van der Waals surface area contributed by atoms with Crippen molar-refractivity contribution >= 4 is 0 Å². The summed E-state index contributed by atoms with van der Waals surface area (Å²) >= 11 is 0. The Labute approximate surface area is 128 Å². The minimum atomic E-state index is -0.460. The summed E-state index contributed by atoms with van der Waals surface area (Å²) in [6, 6.07) is 11.7. The van der Waals surface area contributed by atoms with E-state index in [0.29, 0.717) is 12.0 Å². The Balaban J connectivity index is 1.90. The van der Waals surface area contributed by atoms with Gasteiger partial charge in [-0.15, -0.1) is 0 Å². The van der Waals surface area contributed by atoms with Gasteiger partial charge in [0, 0.05) is 6.04 Å². The molecule has 2 heteroatoms. The number of nitrogens with one attached hydrogen (secondary N) is 1. The van der Waals surface area contributed by atoms with Crippen LogP contribution in [0, 0.1) is 11.3 Å². The summed E-state index contributed by atoms with van der Waals surface area (Å²) in [6.07, 6.45) is 9.80. The molecule has 0 spiro atoms. The molecule has 1 fully saturated rings. The van der Waals surface area contributed by atoms with E-state index in [1.807, 2.05) is 0 Å². The third kappa shape index (κ3) is 2.85. The SMILES string of the molecule is CC1CCC(C#N)(NC2CCCCCC2)c2ccccc21. The molecular formula is C19H26N2. The number of rotatable bonds is 2. The van der Waals surface area contributed by atoms with Crippen LogP contribution >= 0.6 is 0 Å². The Morgan fingerprint density at radius 1 is 1.10 bits per heavy atom. The van der Waals surface area contributed by atoms with Crippen molar-refractivity contribution in [2.24, 2.45) is 0 Å². The van der Waals surface area contributed by atoms with Crippen LogP contribution in [0.2, 0.25) is 0 Å². The predicted molar refractivity (Wildman–Crippen MR) is 86.0 cm³/mol. The third-order valence-electron chi connectivity index (χ3n) is 5.40. The highest BCUT2D eigenvalue weighted by molar-refractivity contribution is 5.43. The lowest BCUT2D eigenvalue weighted by Crippen LogP contribution is -2.49. The van der Waals surface area contributed by atoms with E-state index in [9.17, 15) is 5.26 Å². The van der Waals surface area contributed by atoms with Gasteiger partial charge in [-0.1, -0.05) is 56.9 Å². The molecule has 21 heavy (non-hydrogen) atoms. The summed E-state index contributed by atoms with van der Waals surface area (Å²) in [4.78, 5) is 0. The lowest BCUT2D eigenvalue weighted by atomic mass is 9.72. The molecule has 2 aliphatic rings. The van der Waals surface area contributed by atoms with Gasteiger partial charge in [0.25, 0.3) is 0 Å². The average molecular weight is 282 g/mol. The van der Waals surface area contributed by atoms with Gasteiger partial charge < -0.3 is 0 Å². The van der Waals surface area contributed by atoms with Gasteiger partial charge in [-0.2, -0.15) is 5.26 Å². The molecule has 1 N–H and O–H groups in total. The zero-order valence-corrected chi connectivity index (χ0v) is 13.1. The van der Waals surface area contributed by atoms with Gasteiger partial charge in [0.2, 0.25) is 0 Å². The second kappa shape index (κ2) is 6.20. The van der Waals surface area contributed by atoms with E-state index in [1.54, 1.807) is 0 Å². The zero-order chi connectivity index (χ0) is 14.7. The standard InChI is InChI=1S/C19H26N2/c1-15-12-13-19(14-20,18-11-7-6-10-17(15)18)21-16-8-4-2-3-5-9-16/h6-7,10-11,15-16,21H,2-5,8-9,12-13H2,1H3. The first kappa shape index (κ1) is 14.6. The number of hydrogen-bond acceptors (Lipinski definition) is 2. The minimum absolute atomic E-state index is 0.460. The van der Waals surface area contributed by atoms with Crippen molar-refractivity contribution in [3.63, 3.8) is 0 Å². The van der Waals surface area contributed by atoms with Gasteiger partial charge in [0.05, 0.1) is 6.07 Å². The topological polar surface area (TPSA) is 35.8 Å². The third-order valence-corrected chi connectivity index (χ3v) is 5.40. The smallest absolute Gasteiger partial charge is 0.132 e. The fourth-order valence-electron chi connectivity index (χ4n) is 4.11. The molecule has 0 radical (unpaired) electrons. The van der Waals surface area contributed by atoms with Crippen molar-refractivity contribution in [1.29, 1.82) is 5.26 Å². The van der Waals surface area contributed by atoms with Crippen molar-refractivity contribution in [1.82, 2.24) is 5.32 Å². The van der Waals surface area contributed by atoms with Crippen LogP contribution in [0.4, 0.5) is 0 Å². The summed E-state index contributed by atoms with van der Waals surface area (Å²) in [5, 5.41) is 13.7. The second-order valence-electron chi connectivity index (χ2n) is 6.88. The first-order valence-electron chi connectivity index (χ1n) is 8.53. The summed E-state index contributed by atoms with van der Waals surface area (Å²) in [7, 11) is 0. The van der Waals surface area contributed by atoms with Gasteiger partial charge in [0.15, 0.2) is 0 Å². The highest BCUT2D eigenvalue weighted by atomic mass is 15.0. The minimum Gasteiger partial charge on any atom is -0.293 e. The Hall–Kier alpha value is -1.33. The average Bonchev–Trinajstić information content (AvgIpc) is 2.79. The number of benzene rings is 1. The molecule has 2 nitrogen and oxygen atoms in total. The number of nitrogens with zero attached hydrogens (tertiary/aromatic N) is 1. The van der Waals surface area contributed by atoms with Crippen LogP contribution in [0.5, 0.6) is 0 Å². The molecular weight excluding hydrogens is 256 g/mol. The highest BCUT2D eigenvalue weighted by Crippen LogP contribution is 2.41. The molecule has 3 rings (SSSR count). The fourth-order valence-corrected chi connectivity index (χ4v) is 4.11. The summed E-state index contributed by atoms with van der Waals surface area (Å²) in [5.74, 6) is 0.568. The Morgan fingerprint density at radius 2 is 1.81 bits per heavy atom. The molecule has 0 aromatic heterocycles. The normalized spacial score (nSPS) is 30.2. The molecule has 0 amide bonds. The summed E-state index contributed by atoms with van der Waals surface area (Å²) in [6.45, 7) is 2.28. The van der Waals surface area contributed by atoms with E-state index in [1.165, 1.54) is 49.7 Å². The molecule has 1 aromatic rings. The number of nitriles is 1. The molecule has 2 unspecified atom stereocenters. The Kier molecular flexibility index (Phi) is 4.31.